The molecule has 1 aliphatic heterocycles. The lowest BCUT2D eigenvalue weighted by atomic mass is 10.0. The summed E-state index contributed by atoms with van der Waals surface area (Å²) in [6.45, 7) is 2.75. The molecule has 0 spiro atoms. The number of rotatable bonds is 3. The highest BCUT2D eigenvalue weighted by molar-refractivity contribution is 9.10. The predicted molar refractivity (Wildman–Crippen MR) is 65.6 cm³/mol. The van der Waals surface area contributed by atoms with Crippen LogP contribution in [0.5, 0.6) is 11.5 Å². The number of carbonyl (C=O) groups is 1. The number of carboxylic acids is 1. The van der Waals surface area contributed by atoms with Crippen molar-refractivity contribution in [2.24, 2.45) is 5.92 Å². The fourth-order valence-electron chi connectivity index (χ4n) is 1.70. The second kappa shape index (κ2) is 4.96. The summed E-state index contributed by atoms with van der Waals surface area (Å²) in [6, 6.07) is 3.69. The quantitative estimate of drug-likeness (QED) is 0.932. The summed E-state index contributed by atoms with van der Waals surface area (Å²) in [5.74, 6) is 0.154. The first kappa shape index (κ1) is 12.2. The van der Waals surface area contributed by atoms with E-state index in [1.165, 1.54) is 0 Å². The highest BCUT2D eigenvalue weighted by Crippen LogP contribution is 2.40. The molecule has 92 valence electrons. The molecule has 0 amide bonds. The fraction of sp³-hybridized carbons (Fsp3) is 0.417. The zero-order chi connectivity index (χ0) is 12.4. The minimum Gasteiger partial charge on any atom is -0.486 e. The Labute approximate surface area is 108 Å². The van der Waals surface area contributed by atoms with Gasteiger partial charge in [0.25, 0.3) is 0 Å². The molecule has 1 heterocycles. The van der Waals surface area contributed by atoms with E-state index in [9.17, 15) is 4.79 Å². The Hall–Kier alpha value is -1.23. The molecule has 1 atom stereocenters. The first-order chi connectivity index (χ1) is 8.09. The van der Waals surface area contributed by atoms with E-state index in [2.05, 4.69) is 15.9 Å². The van der Waals surface area contributed by atoms with Gasteiger partial charge in [0, 0.05) is 0 Å². The smallest absolute Gasteiger partial charge is 0.306 e. The van der Waals surface area contributed by atoms with Crippen molar-refractivity contribution in [3.8, 4) is 11.5 Å². The third-order valence-electron chi connectivity index (χ3n) is 2.68. The molecule has 1 N–H and O–H groups in total. The van der Waals surface area contributed by atoms with Gasteiger partial charge in [0.05, 0.1) is 10.4 Å². The van der Waals surface area contributed by atoms with E-state index in [1.54, 1.807) is 6.92 Å². The molecule has 2 rings (SSSR count). The summed E-state index contributed by atoms with van der Waals surface area (Å²) in [5, 5.41) is 8.90. The van der Waals surface area contributed by atoms with E-state index in [0.29, 0.717) is 31.1 Å². The van der Waals surface area contributed by atoms with Crippen LogP contribution in [0, 0.1) is 5.92 Å². The van der Waals surface area contributed by atoms with Gasteiger partial charge in [-0.15, -0.1) is 0 Å². The number of fused-ring (bicyclic) bond motifs is 1. The molecule has 1 aromatic rings. The van der Waals surface area contributed by atoms with Crippen LogP contribution in [-0.2, 0) is 11.2 Å². The van der Waals surface area contributed by atoms with Crippen LogP contribution in [0.3, 0.4) is 0 Å². The summed E-state index contributed by atoms with van der Waals surface area (Å²) in [6.07, 6.45) is 0.465. The molecule has 0 radical (unpaired) electrons. The Kier molecular flexibility index (Phi) is 3.57. The number of benzene rings is 1. The number of aliphatic carboxylic acids is 1. The fourth-order valence-corrected chi connectivity index (χ4v) is 2.30. The number of ether oxygens (including phenoxy) is 2. The zero-order valence-corrected chi connectivity index (χ0v) is 11.0. The molecule has 0 saturated heterocycles. The van der Waals surface area contributed by atoms with E-state index in [1.807, 2.05) is 12.1 Å². The molecule has 1 aromatic carbocycles. The van der Waals surface area contributed by atoms with E-state index in [4.69, 9.17) is 14.6 Å². The molecule has 1 aliphatic rings. The molecule has 4 nitrogen and oxygen atoms in total. The van der Waals surface area contributed by atoms with Crippen LogP contribution in [0.2, 0.25) is 0 Å². The van der Waals surface area contributed by atoms with Gasteiger partial charge in [-0.1, -0.05) is 13.0 Å². The van der Waals surface area contributed by atoms with Crippen molar-refractivity contribution >= 4 is 21.9 Å². The number of halogens is 1. The number of carboxylic acid groups (broad SMARTS) is 1. The Balaban J connectivity index is 2.27. The number of hydrogen-bond donors (Lipinski definition) is 1. The molecular formula is C12H13BrO4. The minimum absolute atomic E-state index is 0.422. The lowest BCUT2D eigenvalue weighted by Gasteiger charge is -2.21. The van der Waals surface area contributed by atoms with Gasteiger partial charge in [0.1, 0.15) is 13.2 Å². The lowest BCUT2D eigenvalue weighted by molar-refractivity contribution is -0.141. The number of hydrogen-bond acceptors (Lipinski definition) is 3. The van der Waals surface area contributed by atoms with Crippen molar-refractivity contribution in [2.45, 2.75) is 13.3 Å². The van der Waals surface area contributed by atoms with Crippen molar-refractivity contribution in [3.63, 3.8) is 0 Å². The average Bonchev–Trinajstić information content (AvgIpc) is 2.33. The van der Waals surface area contributed by atoms with E-state index in [0.717, 1.165) is 10.0 Å². The molecule has 0 aliphatic carbocycles. The summed E-state index contributed by atoms with van der Waals surface area (Å²) in [7, 11) is 0. The van der Waals surface area contributed by atoms with Crippen molar-refractivity contribution in [3.05, 3.63) is 22.2 Å². The SMILES string of the molecule is CC(Cc1ccc2c(c1Br)OCCO2)C(=O)O. The highest BCUT2D eigenvalue weighted by atomic mass is 79.9. The minimum atomic E-state index is -0.799. The van der Waals surface area contributed by atoms with E-state index < -0.39 is 11.9 Å². The summed E-state index contributed by atoms with van der Waals surface area (Å²) >= 11 is 3.45. The topological polar surface area (TPSA) is 55.8 Å². The maximum Gasteiger partial charge on any atom is 0.306 e. The van der Waals surface area contributed by atoms with Gasteiger partial charge in [0.2, 0.25) is 0 Å². The molecule has 17 heavy (non-hydrogen) atoms. The molecule has 1 unspecified atom stereocenters. The first-order valence-corrected chi connectivity index (χ1v) is 6.18. The zero-order valence-electron chi connectivity index (χ0n) is 9.40. The lowest BCUT2D eigenvalue weighted by Crippen LogP contribution is -2.17. The average molecular weight is 301 g/mol. The van der Waals surface area contributed by atoms with Crippen molar-refractivity contribution < 1.29 is 19.4 Å². The predicted octanol–water partition coefficient (Wildman–Crippen LogP) is 2.48. The Morgan fingerprint density at radius 2 is 2.18 bits per heavy atom. The van der Waals surface area contributed by atoms with Crippen LogP contribution in [0.1, 0.15) is 12.5 Å². The summed E-state index contributed by atoms with van der Waals surface area (Å²) in [4.78, 5) is 10.8. The molecule has 5 heteroatoms. The Morgan fingerprint density at radius 3 is 2.88 bits per heavy atom. The highest BCUT2D eigenvalue weighted by Gasteiger charge is 2.20. The van der Waals surface area contributed by atoms with Gasteiger partial charge in [-0.25, -0.2) is 0 Å². The van der Waals surface area contributed by atoms with Gasteiger partial charge < -0.3 is 14.6 Å². The molecular weight excluding hydrogens is 288 g/mol. The maximum atomic E-state index is 10.8. The van der Waals surface area contributed by atoms with Gasteiger partial charge >= 0.3 is 5.97 Å². The third kappa shape index (κ3) is 2.54. The van der Waals surface area contributed by atoms with Crippen LogP contribution in [0.4, 0.5) is 0 Å². The Bertz CT molecular complexity index is 444. The van der Waals surface area contributed by atoms with E-state index in [-0.39, 0.29) is 0 Å². The normalized spacial score (nSPS) is 15.4. The second-order valence-corrected chi connectivity index (χ2v) is 4.80. The first-order valence-electron chi connectivity index (χ1n) is 5.39. The van der Waals surface area contributed by atoms with Crippen molar-refractivity contribution in [2.75, 3.05) is 13.2 Å². The van der Waals surface area contributed by atoms with Gasteiger partial charge in [0.15, 0.2) is 11.5 Å². The molecule has 0 fully saturated rings. The monoisotopic (exact) mass is 300 g/mol. The standard InChI is InChI=1S/C12H13BrO4/c1-7(12(14)15)6-8-2-3-9-11(10(8)13)17-5-4-16-9/h2-3,7H,4-6H2,1H3,(H,14,15). The molecule has 0 bridgehead atoms. The third-order valence-corrected chi connectivity index (χ3v) is 3.55. The molecule has 0 saturated carbocycles. The Morgan fingerprint density at radius 1 is 1.47 bits per heavy atom. The molecule has 0 aromatic heterocycles. The second-order valence-electron chi connectivity index (χ2n) is 4.01. The van der Waals surface area contributed by atoms with E-state index >= 15 is 0 Å². The van der Waals surface area contributed by atoms with Crippen LogP contribution >= 0.6 is 15.9 Å². The largest absolute Gasteiger partial charge is 0.486 e. The van der Waals surface area contributed by atoms with Crippen LogP contribution in [0.25, 0.3) is 0 Å². The van der Waals surface area contributed by atoms with Crippen LogP contribution < -0.4 is 9.47 Å². The van der Waals surface area contributed by atoms with Crippen LogP contribution in [-0.4, -0.2) is 24.3 Å². The van der Waals surface area contributed by atoms with Gasteiger partial charge in [-0.2, -0.15) is 0 Å². The van der Waals surface area contributed by atoms with Gasteiger partial charge in [-0.05, 0) is 34.0 Å². The maximum absolute atomic E-state index is 10.8. The van der Waals surface area contributed by atoms with Crippen LogP contribution in [0.15, 0.2) is 16.6 Å². The summed E-state index contributed by atoms with van der Waals surface area (Å²) in [5.41, 5.74) is 0.921. The van der Waals surface area contributed by atoms with Crippen molar-refractivity contribution in [1.29, 1.82) is 0 Å². The summed E-state index contributed by atoms with van der Waals surface area (Å²) < 4.78 is 11.8. The van der Waals surface area contributed by atoms with Gasteiger partial charge in [-0.3, -0.25) is 4.79 Å². The van der Waals surface area contributed by atoms with Crippen molar-refractivity contribution in [1.82, 2.24) is 0 Å².